The number of carbonyl (C=O) groups excluding carboxylic acids is 1. The lowest BCUT2D eigenvalue weighted by atomic mass is 10.0. The zero-order valence-electron chi connectivity index (χ0n) is 10.0. The van der Waals surface area contributed by atoms with E-state index >= 15 is 0 Å². The first-order chi connectivity index (χ1) is 7.03. The van der Waals surface area contributed by atoms with Crippen LogP contribution >= 0.6 is 0 Å². The molecule has 1 atom stereocenters. The molecule has 1 saturated carbocycles. The second kappa shape index (κ2) is 4.94. The first kappa shape index (κ1) is 12.5. The van der Waals surface area contributed by atoms with Crippen molar-refractivity contribution >= 4 is 5.91 Å². The van der Waals surface area contributed by atoms with Crippen LogP contribution in [0.15, 0.2) is 0 Å². The van der Waals surface area contributed by atoms with Crippen LogP contribution in [0.5, 0.6) is 0 Å². The number of nitrogens with two attached hydrogens (primary N) is 1. The Morgan fingerprint density at radius 1 is 1.60 bits per heavy atom. The molecule has 1 amide bonds. The molecule has 15 heavy (non-hydrogen) atoms. The highest BCUT2D eigenvalue weighted by Crippen LogP contribution is 2.28. The summed E-state index contributed by atoms with van der Waals surface area (Å²) in [5, 5.41) is 3.03. The van der Waals surface area contributed by atoms with Gasteiger partial charge in [-0.15, -0.1) is 0 Å². The second-order valence-corrected chi connectivity index (χ2v) is 4.65. The predicted molar refractivity (Wildman–Crippen MR) is 61.5 cm³/mol. The highest BCUT2D eigenvalue weighted by Gasteiger charge is 2.36. The minimum atomic E-state index is -0.599. The molecule has 3 N–H and O–H groups in total. The molecule has 88 valence electrons. The molecule has 4 nitrogen and oxygen atoms in total. The number of carbonyl (C=O) groups is 1. The van der Waals surface area contributed by atoms with E-state index in [0.29, 0.717) is 6.04 Å². The molecule has 1 aliphatic carbocycles. The average molecular weight is 213 g/mol. The van der Waals surface area contributed by atoms with E-state index in [9.17, 15) is 4.79 Å². The van der Waals surface area contributed by atoms with Gasteiger partial charge in [-0.2, -0.15) is 0 Å². The van der Waals surface area contributed by atoms with E-state index in [1.54, 1.807) is 7.05 Å². The Hall–Kier alpha value is -0.610. The number of hydrogen-bond donors (Lipinski definition) is 2. The van der Waals surface area contributed by atoms with Crippen LogP contribution in [0.4, 0.5) is 0 Å². The summed E-state index contributed by atoms with van der Waals surface area (Å²) in [4.78, 5) is 13.7. The zero-order chi connectivity index (χ0) is 11.5. The minimum absolute atomic E-state index is 0.272. The third-order valence-electron chi connectivity index (χ3n) is 3.19. The normalized spacial score (nSPS) is 20.3. The molecule has 0 spiro atoms. The lowest BCUT2D eigenvalue weighted by molar-refractivity contribution is -0.124. The van der Waals surface area contributed by atoms with Crippen molar-refractivity contribution < 1.29 is 4.79 Å². The molecule has 0 aromatic rings. The van der Waals surface area contributed by atoms with Crippen molar-refractivity contribution in [3.8, 4) is 0 Å². The minimum Gasteiger partial charge on any atom is -0.368 e. The molecule has 0 bridgehead atoms. The maximum absolute atomic E-state index is 11.4. The fourth-order valence-electron chi connectivity index (χ4n) is 1.80. The van der Waals surface area contributed by atoms with Gasteiger partial charge in [0.1, 0.15) is 5.54 Å². The lowest BCUT2D eigenvalue weighted by Gasteiger charge is -2.33. The highest BCUT2D eigenvalue weighted by atomic mass is 16.1. The molecule has 0 aliphatic heterocycles. The average Bonchev–Trinajstić information content (AvgIpc) is 3.00. The molecule has 1 unspecified atom stereocenters. The third-order valence-corrected chi connectivity index (χ3v) is 3.19. The molecule has 0 aromatic heterocycles. The molecule has 1 fully saturated rings. The Morgan fingerprint density at radius 2 is 2.20 bits per heavy atom. The Balaban J connectivity index is 2.57. The molecule has 0 heterocycles. The van der Waals surface area contributed by atoms with Crippen LogP contribution in [0.1, 0.15) is 33.1 Å². The van der Waals surface area contributed by atoms with E-state index in [2.05, 4.69) is 17.1 Å². The van der Waals surface area contributed by atoms with Gasteiger partial charge in [-0.1, -0.05) is 6.92 Å². The number of nitrogens with zero attached hydrogens (tertiary/aromatic N) is 1. The Kier molecular flexibility index (Phi) is 4.11. The summed E-state index contributed by atoms with van der Waals surface area (Å²) < 4.78 is 0. The van der Waals surface area contributed by atoms with Gasteiger partial charge in [0.05, 0.1) is 0 Å². The van der Waals surface area contributed by atoms with E-state index < -0.39 is 5.54 Å². The summed E-state index contributed by atoms with van der Waals surface area (Å²) in [6.07, 6.45) is 3.65. The van der Waals surface area contributed by atoms with Crippen LogP contribution < -0.4 is 11.1 Å². The Morgan fingerprint density at radius 3 is 2.53 bits per heavy atom. The van der Waals surface area contributed by atoms with E-state index in [1.165, 1.54) is 12.8 Å². The summed E-state index contributed by atoms with van der Waals surface area (Å²) in [5.41, 5.74) is 4.82. The number of likely N-dealkylation sites (N-methyl/N-ethyl adjacent to an activating group) is 1. The Labute approximate surface area is 92.2 Å². The molecular weight excluding hydrogens is 190 g/mol. The molecule has 1 aliphatic rings. The van der Waals surface area contributed by atoms with Crippen molar-refractivity contribution in [2.45, 2.75) is 44.7 Å². The van der Waals surface area contributed by atoms with Gasteiger partial charge < -0.3 is 11.1 Å². The van der Waals surface area contributed by atoms with Crippen LogP contribution in [-0.4, -0.2) is 42.5 Å². The van der Waals surface area contributed by atoms with Gasteiger partial charge in [0, 0.05) is 12.6 Å². The maximum atomic E-state index is 11.4. The van der Waals surface area contributed by atoms with E-state index in [-0.39, 0.29) is 5.91 Å². The second-order valence-electron chi connectivity index (χ2n) is 4.65. The summed E-state index contributed by atoms with van der Waals surface area (Å²) in [6.45, 7) is 5.81. The first-order valence-corrected chi connectivity index (χ1v) is 5.76. The van der Waals surface area contributed by atoms with Crippen LogP contribution in [-0.2, 0) is 4.79 Å². The smallest absolute Gasteiger partial charge is 0.238 e. The van der Waals surface area contributed by atoms with Gasteiger partial charge in [0.2, 0.25) is 5.91 Å². The Bertz CT molecular complexity index is 228. The van der Waals surface area contributed by atoms with Crippen LogP contribution in [0.2, 0.25) is 0 Å². The van der Waals surface area contributed by atoms with Gasteiger partial charge in [0.15, 0.2) is 0 Å². The number of hydrogen-bond acceptors (Lipinski definition) is 3. The summed E-state index contributed by atoms with van der Waals surface area (Å²) >= 11 is 0. The number of rotatable bonds is 7. The van der Waals surface area contributed by atoms with Gasteiger partial charge in [-0.3, -0.25) is 9.69 Å². The number of nitrogens with one attached hydrogen (secondary N) is 1. The quantitative estimate of drug-likeness (QED) is 0.640. The topological polar surface area (TPSA) is 58.4 Å². The lowest BCUT2D eigenvalue weighted by Crippen LogP contribution is -2.58. The van der Waals surface area contributed by atoms with Crippen LogP contribution in [0.25, 0.3) is 0 Å². The molecule has 0 saturated heterocycles. The molecule has 4 heteroatoms. The summed E-state index contributed by atoms with van der Waals surface area (Å²) in [6, 6.07) is 0.678. The van der Waals surface area contributed by atoms with Gasteiger partial charge in [-0.25, -0.2) is 0 Å². The standard InChI is InChI=1S/C11H23N3O/c1-4-7-14(9-5-6-9)8-11(2,13-3)10(12)15/h9,13H,4-8H2,1-3H3,(H2,12,15). The third kappa shape index (κ3) is 3.18. The van der Waals surface area contributed by atoms with E-state index in [4.69, 9.17) is 5.73 Å². The highest BCUT2D eigenvalue weighted by molar-refractivity contribution is 5.84. The summed E-state index contributed by atoms with van der Waals surface area (Å²) in [5.74, 6) is -0.272. The first-order valence-electron chi connectivity index (χ1n) is 5.76. The van der Waals surface area contributed by atoms with Crippen molar-refractivity contribution in [1.29, 1.82) is 0 Å². The molecule has 0 aromatic carbocycles. The monoisotopic (exact) mass is 213 g/mol. The molecule has 0 radical (unpaired) electrons. The fourth-order valence-corrected chi connectivity index (χ4v) is 1.80. The van der Waals surface area contributed by atoms with Crippen molar-refractivity contribution in [3.63, 3.8) is 0 Å². The molecule has 1 rings (SSSR count). The number of amides is 1. The SMILES string of the molecule is CCCN(CC(C)(NC)C(N)=O)C1CC1. The number of primary amides is 1. The van der Waals surface area contributed by atoms with Crippen molar-refractivity contribution in [2.24, 2.45) is 5.73 Å². The summed E-state index contributed by atoms with van der Waals surface area (Å²) in [7, 11) is 1.79. The van der Waals surface area contributed by atoms with E-state index in [1.807, 2.05) is 6.92 Å². The van der Waals surface area contributed by atoms with Gasteiger partial charge >= 0.3 is 0 Å². The van der Waals surface area contributed by atoms with Crippen molar-refractivity contribution in [2.75, 3.05) is 20.1 Å². The largest absolute Gasteiger partial charge is 0.368 e. The van der Waals surface area contributed by atoms with Crippen LogP contribution in [0, 0.1) is 0 Å². The fraction of sp³-hybridized carbons (Fsp3) is 0.909. The maximum Gasteiger partial charge on any atom is 0.238 e. The van der Waals surface area contributed by atoms with Crippen molar-refractivity contribution in [3.05, 3.63) is 0 Å². The van der Waals surface area contributed by atoms with Gasteiger partial charge in [-0.05, 0) is 39.8 Å². The van der Waals surface area contributed by atoms with E-state index in [0.717, 1.165) is 19.5 Å². The molecular formula is C11H23N3O. The van der Waals surface area contributed by atoms with Gasteiger partial charge in [0.25, 0.3) is 0 Å². The van der Waals surface area contributed by atoms with Crippen LogP contribution in [0.3, 0.4) is 0 Å². The predicted octanol–water partition coefficient (Wildman–Crippen LogP) is 0.324. The van der Waals surface area contributed by atoms with Crippen molar-refractivity contribution in [1.82, 2.24) is 10.2 Å². The zero-order valence-corrected chi connectivity index (χ0v) is 10.0.